The summed E-state index contributed by atoms with van der Waals surface area (Å²) in [4.78, 5) is 29.1. The Morgan fingerprint density at radius 1 is 1.14 bits per heavy atom. The minimum Gasteiger partial charge on any atom is -0.490 e. The Morgan fingerprint density at radius 2 is 1.97 bits per heavy atom. The number of hydrogen-bond donors (Lipinski definition) is 1. The monoisotopic (exact) mass is 391 g/mol. The third-order valence-electron chi connectivity index (χ3n) is 5.26. The molecule has 0 aliphatic heterocycles. The molecule has 150 valence electrons. The lowest BCUT2D eigenvalue weighted by Crippen LogP contribution is -2.21. The molecule has 0 atom stereocenters. The largest absolute Gasteiger partial charge is 0.490 e. The van der Waals surface area contributed by atoms with Crippen molar-refractivity contribution in [1.82, 2.24) is 9.55 Å². The smallest absolute Gasteiger partial charge is 0.261 e. The molecule has 1 aliphatic carbocycles. The number of aryl methyl sites for hydroxylation is 1. The summed E-state index contributed by atoms with van der Waals surface area (Å²) in [5.41, 5.74) is 1.34. The van der Waals surface area contributed by atoms with Gasteiger partial charge in [0.1, 0.15) is 5.75 Å². The fourth-order valence-electron chi connectivity index (χ4n) is 3.74. The van der Waals surface area contributed by atoms with E-state index in [9.17, 15) is 9.59 Å². The van der Waals surface area contributed by atoms with Crippen LogP contribution < -0.4 is 15.6 Å². The molecule has 1 aromatic heterocycles. The quantitative estimate of drug-likeness (QED) is 0.657. The van der Waals surface area contributed by atoms with E-state index in [1.54, 1.807) is 17.0 Å². The summed E-state index contributed by atoms with van der Waals surface area (Å²) < 4.78 is 7.55. The number of fused-ring (bicyclic) bond motifs is 1. The fraction of sp³-hybridized carbons (Fsp3) is 0.348. The normalized spacial score (nSPS) is 14.2. The van der Waals surface area contributed by atoms with Gasteiger partial charge in [-0.2, -0.15) is 0 Å². The van der Waals surface area contributed by atoms with Gasteiger partial charge < -0.3 is 10.1 Å². The van der Waals surface area contributed by atoms with Crippen LogP contribution in [0.2, 0.25) is 0 Å². The number of aromatic nitrogens is 2. The molecule has 1 fully saturated rings. The van der Waals surface area contributed by atoms with E-state index in [1.807, 2.05) is 42.5 Å². The topological polar surface area (TPSA) is 73.2 Å². The van der Waals surface area contributed by atoms with Gasteiger partial charge in [0.2, 0.25) is 5.91 Å². The number of rotatable bonds is 7. The van der Waals surface area contributed by atoms with Crippen LogP contribution in [-0.2, 0) is 11.3 Å². The molecule has 1 N–H and O–H groups in total. The lowest BCUT2D eigenvalue weighted by molar-refractivity contribution is -0.116. The Hall–Kier alpha value is -3.15. The summed E-state index contributed by atoms with van der Waals surface area (Å²) in [5.74, 6) is 0.716. The van der Waals surface area contributed by atoms with Crippen molar-refractivity contribution in [1.29, 1.82) is 0 Å². The van der Waals surface area contributed by atoms with Crippen molar-refractivity contribution in [3.8, 4) is 5.75 Å². The van der Waals surface area contributed by atoms with Gasteiger partial charge in [-0.05, 0) is 56.4 Å². The third kappa shape index (κ3) is 4.83. The predicted octanol–water partition coefficient (Wildman–Crippen LogP) is 4.14. The third-order valence-corrected chi connectivity index (χ3v) is 5.26. The molecule has 1 heterocycles. The molecule has 6 heteroatoms. The molecule has 1 amide bonds. The van der Waals surface area contributed by atoms with Crippen molar-refractivity contribution >= 4 is 22.5 Å². The van der Waals surface area contributed by atoms with Gasteiger partial charge in [-0.15, -0.1) is 0 Å². The maximum Gasteiger partial charge on any atom is 0.261 e. The lowest BCUT2D eigenvalue weighted by atomic mass is 10.2. The number of benzene rings is 2. The first kappa shape index (κ1) is 19.2. The molecular weight excluding hydrogens is 366 g/mol. The zero-order valence-corrected chi connectivity index (χ0v) is 16.3. The van der Waals surface area contributed by atoms with Crippen molar-refractivity contribution < 1.29 is 9.53 Å². The summed E-state index contributed by atoms with van der Waals surface area (Å²) in [5, 5.41) is 3.51. The van der Waals surface area contributed by atoms with Gasteiger partial charge in [0.15, 0.2) is 0 Å². The van der Waals surface area contributed by atoms with Crippen LogP contribution in [0.3, 0.4) is 0 Å². The van der Waals surface area contributed by atoms with Gasteiger partial charge in [-0.1, -0.05) is 18.2 Å². The number of hydrogen-bond acceptors (Lipinski definition) is 4. The first-order valence-corrected chi connectivity index (χ1v) is 10.2. The van der Waals surface area contributed by atoms with Crippen LogP contribution in [0.15, 0.2) is 59.7 Å². The van der Waals surface area contributed by atoms with Crippen LogP contribution in [-0.4, -0.2) is 21.6 Å². The number of ether oxygens (including phenoxy) is 1. The molecule has 3 aromatic rings. The maximum atomic E-state index is 12.5. The second-order valence-electron chi connectivity index (χ2n) is 7.46. The van der Waals surface area contributed by atoms with E-state index in [1.165, 1.54) is 12.8 Å². The van der Waals surface area contributed by atoms with E-state index in [2.05, 4.69) is 10.3 Å². The van der Waals surface area contributed by atoms with Crippen molar-refractivity contribution in [2.75, 3.05) is 5.32 Å². The molecule has 0 radical (unpaired) electrons. The number of amides is 1. The van der Waals surface area contributed by atoms with Crippen LogP contribution in [0.4, 0.5) is 5.69 Å². The van der Waals surface area contributed by atoms with E-state index in [0.717, 1.165) is 24.3 Å². The van der Waals surface area contributed by atoms with E-state index < -0.39 is 0 Å². The molecule has 6 nitrogen and oxygen atoms in total. The molecule has 0 unspecified atom stereocenters. The Morgan fingerprint density at radius 3 is 2.83 bits per heavy atom. The number of carbonyl (C=O) groups excluding carboxylic acids is 1. The van der Waals surface area contributed by atoms with Crippen LogP contribution in [0.1, 0.15) is 38.5 Å². The summed E-state index contributed by atoms with van der Waals surface area (Å²) in [7, 11) is 0. The lowest BCUT2D eigenvalue weighted by Gasteiger charge is -2.14. The maximum absolute atomic E-state index is 12.5. The van der Waals surface area contributed by atoms with Crippen molar-refractivity contribution in [3.63, 3.8) is 0 Å². The van der Waals surface area contributed by atoms with Crippen LogP contribution >= 0.6 is 0 Å². The van der Waals surface area contributed by atoms with E-state index >= 15 is 0 Å². The molecule has 2 aromatic carbocycles. The highest BCUT2D eigenvalue weighted by Gasteiger charge is 2.16. The molecule has 0 bridgehead atoms. The molecule has 0 saturated heterocycles. The minimum absolute atomic E-state index is 0.0761. The summed E-state index contributed by atoms with van der Waals surface area (Å²) in [6.45, 7) is 0.453. The first-order valence-electron chi connectivity index (χ1n) is 10.2. The molecule has 1 aliphatic rings. The summed E-state index contributed by atoms with van der Waals surface area (Å²) >= 11 is 0. The number of nitrogens with zero attached hydrogens (tertiary/aromatic N) is 2. The van der Waals surface area contributed by atoms with Gasteiger partial charge in [0.25, 0.3) is 5.56 Å². The fourth-order valence-corrected chi connectivity index (χ4v) is 3.74. The standard InChI is InChI=1S/C23H25N3O3/c27-22(25-17-7-5-10-19(15-17)29-18-8-1-2-9-18)13-6-14-26-16-24-21-12-4-3-11-20(21)23(26)28/h3-5,7,10-12,15-16,18H,1-2,6,8-9,13-14H2,(H,25,27). The summed E-state index contributed by atoms with van der Waals surface area (Å²) in [6, 6.07) is 14.8. The van der Waals surface area contributed by atoms with E-state index in [-0.39, 0.29) is 17.6 Å². The van der Waals surface area contributed by atoms with Gasteiger partial charge in [-0.3, -0.25) is 14.2 Å². The van der Waals surface area contributed by atoms with Gasteiger partial charge >= 0.3 is 0 Å². The average molecular weight is 391 g/mol. The average Bonchev–Trinajstić information content (AvgIpc) is 3.23. The summed E-state index contributed by atoms with van der Waals surface area (Å²) in [6.07, 6.45) is 7.35. The van der Waals surface area contributed by atoms with E-state index in [0.29, 0.717) is 30.3 Å². The number of anilines is 1. The Bertz CT molecular complexity index is 1050. The minimum atomic E-state index is -0.0789. The number of nitrogens with one attached hydrogen (secondary N) is 1. The van der Waals surface area contributed by atoms with Crippen LogP contribution in [0.5, 0.6) is 5.75 Å². The Kier molecular flexibility index (Phi) is 5.89. The van der Waals surface area contributed by atoms with Gasteiger partial charge in [0, 0.05) is 24.7 Å². The highest BCUT2D eigenvalue weighted by atomic mass is 16.5. The SMILES string of the molecule is O=C(CCCn1cnc2ccccc2c1=O)Nc1cccc(OC2CCCC2)c1. The van der Waals surface area contributed by atoms with Crippen molar-refractivity contribution in [3.05, 3.63) is 65.2 Å². The highest BCUT2D eigenvalue weighted by Crippen LogP contribution is 2.25. The van der Waals surface area contributed by atoms with Crippen LogP contribution in [0, 0.1) is 0 Å². The second kappa shape index (κ2) is 8.90. The Balaban J connectivity index is 1.30. The molecule has 0 spiro atoms. The van der Waals surface area contributed by atoms with E-state index in [4.69, 9.17) is 4.74 Å². The zero-order valence-electron chi connectivity index (χ0n) is 16.3. The zero-order chi connectivity index (χ0) is 20.1. The van der Waals surface area contributed by atoms with Crippen LogP contribution in [0.25, 0.3) is 10.9 Å². The number of carbonyl (C=O) groups is 1. The Labute approximate surface area is 169 Å². The van der Waals surface area contributed by atoms with Gasteiger partial charge in [0.05, 0.1) is 23.3 Å². The number of para-hydroxylation sites is 1. The molecule has 29 heavy (non-hydrogen) atoms. The molecular formula is C23H25N3O3. The van der Waals surface area contributed by atoms with Gasteiger partial charge in [-0.25, -0.2) is 4.98 Å². The predicted molar refractivity (Wildman–Crippen MR) is 113 cm³/mol. The van der Waals surface area contributed by atoms with Crippen molar-refractivity contribution in [2.45, 2.75) is 51.2 Å². The van der Waals surface area contributed by atoms with Crippen molar-refractivity contribution in [2.24, 2.45) is 0 Å². The first-order chi connectivity index (χ1) is 14.2. The molecule has 1 saturated carbocycles. The molecule has 4 rings (SSSR count). The second-order valence-corrected chi connectivity index (χ2v) is 7.46. The highest BCUT2D eigenvalue weighted by molar-refractivity contribution is 5.90.